The Balaban J connectivity index is 1.35. The van der Waals surface area contributed by atoms with E-state index in [0.717, 1.165) is 53.9 Å². The fraction of sp³-hybridized carbons (Fsp3) is 0.300. The Hall–Kier alpha value is -5.27. The van der Waals surface area contributed by atoms with Gasteiger partial charge in [-0.15, -0.1) is 23.1 Å². The van der Waals surface area contributed by atoms with Crippen molar-refractivity contribution < 1.29 is 38.1 Å². The van der Waals surface area contributed by atoms with Gasteiger partial charge in [0.25, 0.3) is 11.8 Å². The van der Waals surface area contributed by atoms with E-state index in [0.29, 0.717) is 44.6 Å². The number of thiophene rings is 1. The second-order valence-corrected chi connectivity index (χ2v) is 14.7. The number of rotatable bonds is 13. The fourth-order valence-electron chi connectivity index (χ4n) is 5.94. The molecule has 0 aliphatic heterocycles. The molecule has 0 radical (unpaired) electrons. The van der Waals surface area contributed by atoms with Crippen LogP contribution in [-0.2, 0) is 27.2 Å². The van der Waals surface area contributed by atoms with Crippen LogP contribution in [0.5, 0.6) is 17.2 Å². The lowest BCUT2D eigenvalue weighted by Gasteiger charge is -2.15. The molecule has 3 N–H and O–H groups in total. The molecule has 3 aromatic carbocycles. The third-order valence-corrected chi connectivity index (χ3v) is 10.9. The molecule has 1 aliphatic rings. The Labute approximate surface area is 317 Å². The van der Waals surface area contributed by atoms with Gasteiger partial charge in [-0.05, 0) is 92.3 Å². The van der Waals surface area contributed by atoms with E-state index in [4.69, 9.17) is 18.9 Å². The van der Waals surface area contributed by atoms with Crippen LogP contribution < -0.4 is 30.2 Å². The molecule has 11 nitrogen and oxygen atoms in total. The third-order valence-electron chi connectivity index (χ3n) is 8.60. The number of thioether (sulfide) groups is 1. The number of esters is 1. The van der Waals surface area contributed by atoms with Crippen LogP contribution in [0, 0.1) is 0 Å². The molecule has 13 heteroatoms. The molecular formula is C40H43N3O8S2. The summed E-state index contributed by atoms with van der Waals surface area (Å²) in [5.41, 5.74) is 2.73. The molecule has 1 aromatic heterocycles. The largest absolute Gasteiger partial charge is 0.493 e. The number of hydrogen-bond donors (Lipinski definition) is 3. The fourth-order valence-corrected chi connectivity index (χ4v) is 8.14. The Kier molecular flexibility index (Phi) is 13.6. The average Bonchev–Trinajstić information content (AvgIpc) is 3.48. The molecular weight excluding hydrogens is 715 g/mol. The first-order valence-electron chi connectivity index (χ1n) is 17.2. The van der Waals surface area contributed by atoms with Gasteiger partial charge in [0.05, 0.1) is 39.3 Å². The van der Waals surface area contributed by atoms with Crippen molar-refractivity contribution in [2.75, 3.05) is 39.1 Å². The lowest BCUT2D eigenvalue weighted by Crippen LogP contribution is -2.30. The van der Waals surface area contributed by atoms with Crippen LogP contribution in [0.1, 0.15) is 69.3 Å². The van der Waals surface area contributed by atoms with Gasteiger partial charge in [-0.2, -0.15) is 0 Å². The van der Waals surface area contributed by atoms with Gasteiger partial charge in [0.1, 0.15) is 10.7 Å². The summed E-state index contributed by atoms with van der Waals surface area (Å²) in [6, 6.07) is 18.9. The minimum Gasteiger partial charge on any atom is -0.493 e. The highest BCUT2D eigenvalue weighted by Gasteiger charge is 2.27. The van der Waals surface area contributed by atoms with Gasteiger partial charge < -0.3 is 34.9 Å². The lowest BCUT2D eigenvalue weighted by molar-refractivity contribution is -0.115. The molecule has 0 bridgehead atoms. The Morgan fingerprint density at radius 3 is 2.17 bits per heavy atom. The number of anilines is 2. The number of carbonyl (C=O) groups excluding carboxylic acids is 4. The standard InChI is InChI=1S/C40H43N3O8S2/c1-24(36(44)43-39-34(40(47)51-5)29-18-11-6-7-12-19-33(29)53-39)52-28-17-13-16-27(23-28)41-38(46)30(42-37(45)26-14-9-8-10-15-26)20-25-21-31(48-2)35(50-4)32(22-25)49-3/h8-10,13-17,20-24H,6-7,11-12,18-19H2,1-5H3,(H,41,46)(H,42,45)(H,43,44)/b30-20+. The van der Waals surface area contributed by atoms with Crippen LogP contribution in [0.2, 0.25) is 0 Å². The van der Waals surface area contributed by atoms with Gasteiger partial charge >= 0.3 is 5.97 Å². The van der Waals surface area contributed by atoms with Gasteiger partial charge in [0.2, 0.25) is 11.7 Å². The Morgan fingerprint density at radius 2 is 1.51 bits per heavy atom. The topological polar surface area (TPSA) is 141 Å². The quantitative estimate of drug-likeness (QED) is 0.0710. The van der Waals surface area contributed by atoms with E-state index in [2.05, 4.69) is 16.0 Å². The molecule has 3 amide bonds. The average molecular weight is 758 g/mol. The molecule has 1 aliphatic carbocycles. The van der Waals surface area contributed by atoms with Crippen molar-refractivity contribution in [1.82, 2.24) is 5.32 Å². The summed E-state index contributed by atoms with van der Waals surface area (Å²) in [5.74, 6) is -0.629. The second-order valence-electron chi connectivity index (χ2n) is 12.2. The normalized spacial score (nSPS) is 13.3. The summed E-state index contributed by atoms with van der Waals surface area (Å²) in [7, 11) is 5.82. The predicted octanol–water partition coefficient (Wildman–Crippen LogP) is 7.75. The van der Waals surface area contributed by atoms with Crippen LogP contribution in [0.4, 0.5) is 10.7 Å². The minimum atomic E-state index is -0.584. The maximum absolute atomic E-state index is 13.8. The van der Waals surface area contributed by atoms with E-state index in [9.17, 15) is 19.2 Å². The number of fused-ring (bicyclic) bond motifs is 1. The van der Waals surface area contributed by atoms with E-state index in [1.54, 1.807) is 67.6 Å². The Bertz CT molecular complexity index is 1970. The van der Waals surface area contributed by atoms with E-state index in [1.807, 2.05) is 6.07 Å². The zero-order valence-corrected chi connectivity index (χ0v) is 32.0. The molecule has 0 saturated heterocycles. The van der Waals surface area contributed by atoms with Crippen LogP contribution in [-0.4, -0.2) is 57.4 Å². The summed E-state index contributed by atoms with van der Waals surface area (Å²) < 4.78 is 21.5. The number of ether oxygens (including phenoxy) is 4. The SMILES string of the molecule is COC(=O)c1c(NC(=O)C(C)Sc2cccc(NC(=O)/C(=C\c3cc(OC)c(OC)c(OC)c3)NC(=O)c3ccccc3)c2)sc2c1CCCCCC2. The van der Waals surface area contributed by atoms with Crippen molar-refractivity contribution in [2.45, 2.75) is 55.6 Å². The zero-order chi connectivity index (χ0) is 37.9. The van der Waals surface area contributed by atoms with E-state index in [-0.39, 0.29) is 11.6 Å². The van der Waals surface area contributed by atoms with Crippen molar-refractivity contribution in [3.05, 3.63) is 99.6 Å². The van der Waals surface area contributed by atoms with Crippen LogP contribution >= 0.6 is 23.1 Å². The van der Waals surface area contributed by atoms with Crippen LogP contribution in [0.25, 0.3) is 6.08 Å². The second kappa shape index (κ2) is 18.5. The van der Waals surface area contributed by atoms with Crippen molar-refractivity contribution in [3.63, 3.8) is 0 Å². The minimum absolute atomic E-state index is 0.0367. The van der Waals surface area contributed by atoms with Crippen LogP contribution in [0.3, 0.4) is 0 Å². The first-order valence-corrected chi connectivity index (χ1v) is 18.8. The number of amides is 3. The predicted molar refractivity (Wildman–Crippen MR) is 209 cm³/mol. The molecule has 0 spiro atoms. The first kappa shape index (κ1) is 38.9. The van der Waals surface area contributed by atoms with Crippen molar-refractivity contribution >= 4 is 63.6 Å². The van der Waals surface area contributed by atoms with Gasteiger partial charge in [0.15, 0.2) is 11.5 Å². The maximum atomic E-state index is 13.8. The number of carbonyl (C=O) groups is 4. The Morgan fingerprint density at radius 1 is 0.811 bits per heavy atom. The van der Waals surface area contributed by atoms with Gasteiger partial charge in [-0.1, -0.05) is 37.1 Å². The highest BCUT2D eigenvalue weighted by atomic mass is 32.2. The summed E-state index contributed by atoms with van der Waals surface area (Å²) in [6.07, 6.45) is 7.46. The van der Waals surface area contributed by atoms with Crippen molar-refractivity contribution in [3.8, 4) is 17.2 Å². The summed E-state index contributed by atoms with van der Waals surface area (Å²) >= 11 is 2.76. The summed E-state index contributed by atoms with van der Waals surface area (Å²) in [4.78, 5) is 55.2. The number of methoxy groups -OCH3 is 4. The number of benzene rings is 3. The highest BCUT2D eigenvalue weighted by Crippen LogP contribution is 2.40. The number of nitrogens with one attached hydrogen (secondary N) is 3. The monoisotopic (exact) mass is 757 g/mol. The van der Waals surface area contributed by atoms with Crippen molar-refractivity contribution in [2.24, 2.45) is 0 Å². The first-order chi connectivity index (χ1) is 25.6. The lowest BCUT2D eigenvalue weighted by atomic mass is 9.96. The van der Waals surface area contributed by atoms with Gasteiger partial charge in [-0.3, -0.25) is 14.4 Å². The molecule has 0 saturated carbocycles. The molecule has 1 atom stereocenters. The maximum Gasteiger partial charge on any atom is 0.341 e. The van der Waals surface area contributed by atoms with E-state index >= 15 is 0 Å². The smallest absolute Gasteiger partial charge is 0.341 e. The third kappa shape index (κ3) is 9.79. The van der Waals surface area contributed by atoms with Crippen LogP contribution in [0.15, 0.2) is 77.3 Å². The number of hydrogen-bond acceptors (Lipinski definition) is 10. The summed E-state index contributed by atoms with van der Waals surface area (Å²) in [6.45, 7) is 1.78. The van der Waals surface area contributed by atoms with E-state index in [1.165, 1.54) is 57.6 Å². The molecule has 0 fully saturated rings. The van der Waals surface area contributed by atoms with Crippen molar-refractivity contribution in [1.29, 1.82) is 0 Å². The number of aryl methyl sites for hydroxylation is 1. The zero-order valence-electron chi connectivity index (χ0n) is 30.3. The molecule has 4 aromatic rings. The molecule has 1 unspecified atom stereocenters. The van der Waals surface area contributed by atoms with Gasteiger partial charge in [0, 0.05) is 21.0 Å². The van der Waals surface area contributed by atoms with Gasteiger partial charge in [-0.25, -0.2) is 4.79 Å². The highest BCUT2D eigenvalue weighted by molar-refractivity contribution is 8.00. The molecule has 1 heterocycles. The summed E-state index contributed by atoms with van der Waals surface area (Å²) in [5, 5.41) is 8.59. The van der Waals surface area contributed by atoms with E-state index < -0.39 is 23.0 Å². The molecule has 278 valence electrons. The molecule has 53 heavy (non-hydrogen) atoms. The molecule has 5 rings (SSSR count).